The molecule has 0 fully saturated rings. The number of carbonyl (C=O) groups excluding carboxylic acids is 2. The third-order valence-electron chi connectivity index (χ3n) is 5.32. The molecule has 1 atom stereocenters. The fourth-order valence-corrected chi connectivity index (χ4v) is 4.50. The van der Waals surface area contributed by atoms with Gasteiger partial charge in [-0.15, -0.1) is 0 Å². The Bertz CT molecular complexity index is 1090. The predicted octanol–water partition coefficient (Wildman–Crippen LogP) is 3.99. The van der Waals surface area contributed by atoms with Crippen LogP contribution < -0.4 is 9.62 Å². The molecule has 186 valence electrons. The van der Waals surface area contributed by atoms with E-state index in [0.717, 1.165) is 21.7 Å². The highest BCUT2D eigenvalue weighted by molar-refractivity contribution is 7.92. The Morgan fingerprint density at radius 2 is 1.74 bits per heavy atom. The van der Waals surface area contributed by atoms with Gasteiger partial charge < -0.3 is 10.2 Å². The number of halogens is 1. The topological polar surface area (TPSA) is 86.8 Å². The third-order valence-corrected chi connectivity index (χ3v) is 6.70. The number of sulfonamides is 1. The first kappa shape index (κ1) is 27.7. The lowest BCUT2D eigenvalue weighted by atomic mass is 10.1. The van der Waals surface area contributed by atoms with Crippen molar-refractivity contribution in [2.24, 2.45) is 5.92 Å². The van der Waals surface area contributed by atoms with E-state index >= 15 is 0 Å². The van der Waals surface area contributed by atoms with E-state index in [1.54, 1.807) is 18.2 Å². The fraction of sp³-hybridized carbons (Fsp3) is 0.440. The van der Waals surface area contributed by atoms with Crippen LogP contribution in [0.15, 0.2) is 48.5 Å². The lowest BCUT2D eigenvalue weighted by Crippen LogP contribution is -2.52. The van der Waals surface area contributed by atoms with Gasteiger partial charge in [0.25, 0.3) is 0 Å². The van der Waals surface area contributed by atoms with Crippen LogP contribution in [0, 0.1) is 12.8 Å². The van der Waals surface area contributed by atoms with Crippen LogP contribution in [0.5, 0.6) is 0 Å². The molecule has 0 bridgehead atoms. The van der Waals surface area contributed by atoms with Gasteiger partial charge in [-0.3, -0.25) is 13.9 Å². The molecule has 34 heavy (non-hydrogen) atoms. The van der Waals surface area contributed by atoms with Crippen LogP contribution >= 0.6 is 11.6 Å². The number of aryl methyl sites for hydroxylation is 1. The first-order valence-electron chi connectivity index (χ1n) is 11.3. The van der Waals surface area contributed by atoms with Crippen LogP contribution in [-0.4, -0.2) is 50.5 Å². The summed E-state index contributed by atoms with van der Waals surface area (Å²) in [6.07, 6.45) is 1.43. The van der Waals surface area contributed by atoms with Crippen molar-refractivity contribution in [2.75, 3.05) is 23.7 Å². The van der Waals surface area contributed by atoms with Crippen LogP contribution in [0.4, 0.5) is 5.69 Å². The zero-order valence-corrected chi connectivity index (χ0v) is 22.0. The summed E-state index contributed by atoms with van der Waals surface area (Å²) in [6, 6.07) is 13.3. The molecule has 2 aromatic rings. The Morgan fingerprint density at radius 1 is 1.09 bits per heavy atom. The van der Waals surface area contributed by atoms with Crippen LogP contribution in [-0.2, 0) is 26.2 Å². The zero-order chi connectivity index (χ0) is 25.5. The Hall–Kier alpha value is -2.58. The molecular weight excluding hydrogens is 474 g/mol. The standard InChI is InChI=1S/C25H34ClN3O4S/c1-6-23(25(31)27-15-18(2)3)28(16-20-12-10-19(4)11-13-20)24(30)17-29(34(5,32)33)22-9-7-8-21(26)14-22/h7-14,18,23H,6,15-17H2,1-5H3,(H,27,31)/t23-/m0/s1. The maximum absolute atomic E-state index is 13.6. The zero-order valence-electron chi connectivity index (χ0n) is 20.4. The molecule has 0 aliphatic carbocycles. The molecule has 2 amide bonds. The Labute approximate surface area is 208 Å². The molecule has 0 saturated heterocycles. The van der Waals surface area contributed by atoms with E-state index in [-0.39, 0.29) is 24.1 Å². The van der Waals surface area contributed by atoms with E-state index in [9.17, 15) is 18.0 Å². The van der Waals surface area contributed by atoms with Crippen molar-refractivity contribution in [1.82, 2.24) is 10.2 Å². The molecule has 0 aliphatic heterocycles. The number of benzene rings is 2. The fourth-order valence-electron chi connectivity index (χ4n) is 3.48. The lowest BCUT2D eigenvalue weighted by molar-refractivity contribution is -0.140. The maximum atomic E-state index is 13.6. The molecule has 0 unspecified atom stereocenters. The van der Waals surface area contributed by atoms with Gasteiger partial charge in [-0.1, -0.05) is 68.3 Å². The number of nitrogens with zero attached hydrogens (tertiary/aromatic N) is 2. The van der Waals surface area contributed by atoms with Crippen LogP contribution in [0.2, 0.25) is 5.02 Å². The van der Waals surface area contributed by atoms with E-state index in [0.29, 0.717) is 18.0 Å². The second kappa shape index (κ2) is 12.2. The molecule has 0 aliphatic rings. The van der Waals surface area contributed by atoms with Crippen molar-refractivity contribution in [3.63, 3.8) is 0 Å². The molecule has 2 rings (SSSR count). The van der Waals surface area contributed by atoms with Crippen LogP contribution in [0.25, 0.3) is 0 Å². The SMILES string of the molecule is CC[C@@H](C(=O)NCC(C)C)N(Cc1ccc(C)cc1)C(=O)CN(c1cccc(Cl)c1)S(C)(=O)=O. The largest absolute Gasteiger partial charge is 0.354 e. The summed E-state index contributed by atoms with van der Waals surface area (Å²) in [4.78, 5) is 28.1. The maximum Gasteiger partial charge on any atom is 0.244 e. The average Bonchev–Trinajstić information content (AvgIpc) is 2.76. The van der Waals surface area contributed by atoms with Gasteiger partial charge in [-0.2, -0.15) is 0 Å². The minimum Gasteiger partial charge on any atom is -0.354 e. The normalized spacial score (nSPS) is 12.3. The van der Waals surface area contributed by atoms with Gasteiger partial charge in [0.05, 0.1) is 11.9 Å². The van der Waals surface area contributed by atoms with Gasteiger partial charge in [0.2, 0.25) is 21.8 Å². The molecule has 2 aromatic carbocycles. The molecule has 7 nitrogen and oxygen atoms in total. The van der Waals surface area contributed by atoms with E-state index in [1.165, 1.54) is 11.0 Å². The molecule has 9 heteroatoms. The summed E-state index contributed by atoms with van der Waals surface area (Å²) in [6.45, 7) is 8.01. The van der Waals surface area contributed by atoms with Crippen LogP contribution in [0.3, 0.4) is 0 Å². The highest BCUT2D eigenvalue weighted by Gasteiger charge is 2.31. The van der Waals surface area contributed by atoms with E-state index in [1.807, 2.05) is 52.0 Å². The van der Waals surface area contributed by atoms with E-state index < -0.39 is 28.5 Å². The van der Waals surface area contributed by atoms with Gasteiger partial charge in [0.15, 0.2) is 0 Å². The summed E-state index contributed by atoms with van der Waals surface area (Å²) in [5.41, 5.74) is 2.21. The first-order valence-corrected chi connectivity index (χ1v) is 13.5. The van der Waals surface area contributed by atoms with Gasteiger partial charge in [0, 0.05) is 18.1 Å². The van der Waals surface area contributed by atoms with E-state index in [4.69, 9.17) is 11.6 Å². The summed E-state index contributed by atoms with van der Waals surface area (Å²) < 4.78 is 26.2. The van der Waals surface area contributed by atoms with Crippen molar-refractivity contribution < 1.29 is 18.0 Å². The third kappa shape index (κ3) is 8.02. The molecule has 0 radical (unpaired) electrons. The minimum absolute atomic E-state index is 0.180. The summed E-state index contributed by atoms with van der Waals surface area (Å²) in [5, 5.41) is 3.26. The summed E-state index contributed by atoms with van der Waals surface area (Å²) in [5.74, 6) is -0.478. The average molecular weight is 508 g/mol. The number of carbonyl (C=O) groups is 2. The second-order valence-corrected chi connectivity index (χ2v) is 11.2. The van der Waals surface area contributed by atoms with Gasteiger partial charge in [0.1, 0.15) is 12.6 Å². The van der Waals surface area contributed by atoms with Crippen molar-refractivity contribution in [3.05, 3.63) is 64.7 Å². The van der Waals surface area contributed by atoms with Crippen LogP contribution in [0.1, 0.15) is 38.3 Å². The van der Waals surface area contributed by atoms with Crippen molar-refractivity contribution in [3.8, 4) is 0 Å². The van der Waals surface area contributed by atoms with Gasteiger partial charge >= 0.3 is 0 Å². The van der Waals surface area contributed by atoms with Crippen molar-refractivity contribution in [1.29, 1.82) is 0 Å². The highest BCUT2D eigenvalue weighted by Crippen LogP contribution is 2.23. The molecule has 0 spiro atoms. The molecule has 0 aromatic heterocycles. The second-order valence-electron chi connectivity index (χ2n) is 8.82. The van der Waals surface area contributed by atoms with E-state index in [2.05, 4.69) is 5.32 Å². The Kier molecular flexibility index (Phi) is 9.94. The Morgan fingerprint density at radius 3 is 2.26 bits per heavy atom. The van der Waals surface area contributed by atoms with Crippen molar-refractivity contribution in [2.45, 2.75) is 46.7 Å². The summed E-state index contributed by atoms with van der Waals surface area (Å²) >= 11 is 6.06. The number of amides is 2. The molecular formula is C25H34ClN3O4S. The predicted molar refractivity (Wildman–Crippen MR) is 137 cm³/mol. The first-order chi connectivity index (χ1) is 15.9. The van der Waals surface area contributed by atoms with Crippen molar-refractivity contribution >= 4 is 39.1 Å². The van der Waals surface area contributed by atoms with Gasteiger partial charge in [-0.05, 0) is 43.0 Å². The minimum atomic E-state index is -3.79. The number of anilines is 1. The number of hydrogen-bond donors (Lipinski definition) is 1. The lowest BCUT2D eigenvalue weighted by Gasteiger charge is -2.33. The summed E-state index contributed by atoms with van der Waals surface area (Å²) in [7, 11) is -3.79. The molecule has 1 N–H and O–H groups in total. The monoisotopic (exact) mass is 507 g/mol. The number of rotatable bonds is 11. The molecule has 0 heterocycles. The Balaban J connectivity index is 2.41. The van der Waals surface area contributed by atoms with Gasteiger partial charge in [-0.25, -0.2) is 8.42 Å². The quantitative estimate of drug-likeness (QED) is 0.498. The molecule has 0 saturated carbocycles. The highest BCUT2D eigenvalue weighted by atomic mass is 35.5. The number of nitrogens with one attached hydrogen (secondary N) is 1. The number of hydrogen-bond acceptors (Lipinski definition) is 4. The smallest absolute Gasteiger partial charge is 0.244 e.